The van der Waals surface area contributed by atoms with Crippen LogP contribution in [0.2, 0.25) is 5.02 Å². The van der Waals surface area contributed by atoms with E-state index in [1.807, 2.05) is 24.3 Å². The highest BCUT2D eigenvalue weighted by Crippen LogP contribution is 2.32. The Balaban J connectivity index is 1.39. The molecule has 0 bridgehead atoms. The molecule has 1 unspecified atom stereocenters. The highest BCUT2D eigenvalue weighted by Gasteiger charge is 2.28. The third kappa shape index (κ3) is 4.31. The van der Waals surface area contributed by atoms with E-state index in [-0.39, 0.29) is 0 Å². The van der Waals surface area contributed by atoms with Crippen LogP contribution < -0.4 is 4.74 Å². The predicted octanol–water partition coefficient (Wildman–Crippen LogP) is 5.95. The number of hydrogen-bond acceptors (Lipinski definition) is 2. The second-order valence-corrected chi connectivity index (χ2v) is 7.79. The molecule has 0 aromatic heterocycles. The standard InChI is InChI=1S/C23H26ClNO/c24-21-10-6-19(7-11-21)17-26-22-12-8-18(9-13-22)16-20-4-1-2-5-23(20)25-14-3-15-25/h6-13,16,23H,1-5,14-15,17H2. The van der Waals surface area contributed by atoms with Gasteiger partial charge in [0, 0.05) is 11.1 Å². The van der Waals surface area contributed by atoms with Crippen LogP contribution in [0.5, 0.6) is 5.75 Å². The van der Waals surface area contributed by atoms with Crippen molar-refractivity contribution in [1.82, 2.24) is 4.90 Å². The minimum atomic E-state index is 0.564. The normalized spacial score (nSPS) is 22.2. The minimum Gasteiger partial charge on any atom is -0.489 e. The van der Waals surface area contributed by atoms with Crippen molar-refractivity contribution in [2.45, 2.75) is 44.8 Å². The number of likely N-dealkylation sites (tertiary alicyclic amines) is 1. The van der Waals surface area contributed by atoms with E-state index in [4.69, 9.17) is 16.3 Å². The summed E-state index contributed by atoms with van der Waals surface area (Å²) in [7, 11) is 0. The van der Waals surface area contributed by atoms with Crippen molar-refractivity contribution in [2.24, 2.45) is 0 Å². The summed E-state index contributed by atoms with van der Waals surface area (Å²) in [6, 6.07) is 17.0. The molecule has 26 heavy (non-hydrogen) atoms. The monoisotopic (exact) mass is 367 g/mol. The summed E-state index contributed by atoms with van der Waals surface area (Å²) in [5.41, 5.74) is 4.03. The minimum absolute atomic E-state index is 0.564. The van der Waals surface area contributed by atoms with Crippen LogP contribution in [0.4, 0.5) is 0 Å². The highest BCUT2D eigenvalue weighted by molar-refractivity contribution is 6.30. The largest absolute Gasteiger partial charge is 0.489 e. The molecule has 2 aromatic rings. The Labute approximate surface area is 161 Å². The number of halogens is 1. The van der Waals surface area contributed by atoms with Crippen LogP contribution in [0.1, 0.15) is 43.2 Å². The summed E-state index contributed by atoms with van der Waals surface area (Å²) < 4.78 is 5.89. The molecule has 2 aromatic carbocycles. The summed E-state index contributed by atoms with van der Waals surface area (Å²) in [6.07, 6.45) is 9.05. The van der Waals surface area contributed by atoms with E-state index in [9.17, 15) is 0 Å². The Morgan fingerprint density at radius 1 is 0.962 bits per heavy atom. The molecule has 0 amide bonds. The number of rotatable bonds is 5. The van der Waals surface area contributed by atoms with E-state index in [0.717, 1.165) is 16.3 Å². The van der Waals surface area contributed by atoms with E-state index >= 15 is 0 Å². The molecule has 1 heterocycles. The van der Waals surface area contributed by atoms with Crippen molar-refractivity contribution in [3.05, 3.63) is 70.3 Å². The third-order valence-electron chi connectivity index (χ3n) is 5.50. The lowest BCUT2D eigenvalue weighted by Crippen LogP contribution is -2.46. The van der Waals surface area contributed by atoms with Crippen molar-refractivity contribution in [1.29, 1.82) is 0 Å². The average Bonchev–Trinajstić information content (AvgIpc) is 2.63. The molecule has 2 fully saturated rings. The second-order valence-electron chi connectivity index (χ2n) is 7.35. The molecule has 3 heteroatoms. The molecule has 0 N–H and O–H groups in total. The first-order chi connectivity index (χ1) is 12.8. The van der Waals surface area contributed by atoms with Gasteiger partial charge in [0.05, 0.1) is 0 Å². The van der Waals surface area contributed by atoms with Gasteiger partial charge < -0.3 is 4.74 Å². The van der Waals surface area contributed by atoms with E-state index < -0.39 is 0 Å². The summed E-state index contributed by atoms with van der Waals surface area (Å²) in [6.45, 7) is 3.12. The third-order valence-corrected chi connectivity index (χ3v) is 5.76. The van der Waals surface area contributed by atoms with Gasteiger partial charge in [-0.15, -0.1) is 0 Å². The SMILES string of the molecule is Clc1ccc(COc2ccc(C=C3CCCCC3N3CCC3)cc2)cc1. The van der Waals surface area contributed by atoms with Gasteiger partial charge >= 0.3 is 0 Å². The fourth-order valence-electron chi connectivity index (χ4n) is 3.88. The van der Waals surface area contributed by atoms with Crippen LogP contribution in [0.25, 0.3) is 6.08 Å². The summed E-state index contributed by atoms with van der Waals surface area (Å²) >= 11 is 5.92. The van der Waals surface area contributed by atoms with E-state index in [1.54, 1.807) is 5.57 Å². The second kappa shape index (κ2) is 8.28. The van der Waals surface area contributed by atoms with E-state index in [1.165, 1.54) is 50.8 Å². The zero-order valence-corrected chi connectivity index (χ0v) is 15.9. The van der Waals surface area contributed by atoms with E-state index in [0.29, 0.717) is 12.6 Å². The van der Waals surface area contributed by atoms with Gasteiger partial charge in [-0.2, -0.15) is 0 Å². The molecular formula is C23H26ClNO. The maximum Gasteiger partial charge on any atom is 0.119 e. The first-order valence-electron chi connectivity index (χ1n) is 9.70. The molecular weight excluding hydrogens is 342 g/mol. The highest BCUT2D eigenvalue weighted by atomic mass is 35.5. The lowest BCUT2D eigenvalue weighted by atomic mass is 9.86. The fraction of sp³-hybridized carbons (Fsp3) is 0.391. The lowest BCUT2D eigenvalue weighted by molar-refractivity contribution is 0.121. The topological polar surface area (TPSA) is 12.5 Å². The van der Waals surface area contributed by atoms with Crippen LogP contribution in [0.15, 0.2) is 54.1 Å². The lowest BCUT2D eigenvalue weighted by Gasteiger charge is -2.42. The smallest absolute Gasteiger partial charge is 0.119 e. The van der Waals surface area contributed by atoms with Gasteiger partial charge in [-0.3, -0.25) is 4.90 Å². The Kier molecular flexibility index (Phi) is 5.62. The van der Waals surface area contributed by atoms with Crippen LogP contribution in [0, 0.1) is 0 Å². The van der Waals surface area contributed by atoms with Gasteiger partial charge in [-0.25, -0.2) is 0 Å². The molecule has 0 radical (unpaired) electrons. The summed E-state index contributed by atoms with van der Waals surface area (Å²) in [4.78, 5) is 2.65. The van der Waals surface area contributed by atoms with Gasteiger partial charge in [0.1, 0.15) is 12.4 Å². The molecule has 1 aliphatic heterocycles. The zero-order chi connectivity index (χ0) is 17.8. The first kappa shape index (κ1) is 17.6. The van der Waals surface area contributed by atoms with Crippen LogP contribution >= 0.6 is 11.6 Å². The van der Waals surface area contributed by atoms with Gasteiger partial charge in [-0.1, -0.05) is 53.9 Å². The van der Waals surface area contributed by atoms with E-state index in [2.05, 4.69) is 35.2 Å². The first-order valence-corrected chi connectivity index (χ1v) is 10.1. The Morgan fingerprint density at radius 2 is 1.73 bits per heavy atom. The van der Waals surface area contributed by atoms with Gasteiger partial charge in [0.2, 0.25) is 0 Å². The van der Waals surface area contributed by atoms with Gasteiger partial charge in [0.15, 0.2) is 0 Å². The maximum atomic E-state index is 5.92. The maximum absolute atomic E-state index is 5.92. The number of nitrogens with zero attached hydrogens (tertiary/aromatic N) is 1. The molecule has 0 spiro atoms. The Hall–Kier alpha value is -1.77. The van der Waals surface area contributed by atoms with Gasteiger partial charge in [0.25, 0.3) is 0 Å². The van der Waals surface area contributed by atoms with Gasteiger partial charge in [-0.05, 0) is 74.2 Å². The molecule has 1 aliphatic carbocycles. The summed E-state index contributed by atoms with van der Waals surface area (Å²) in [5, 5.41) is 0.755. The molecule has 1 atom stereocenters. The molecule has 136 valence electrons. The van der Waals surface area contributed by atoms with Crippen molar-refractivity contribution in [2.75, 3.05) is 13.1 Å². The predicted molar refractivity (Wildman–Crippen MR) is 109 cm³/mol. The van der Waals surface area contributed by atoms with Crippen LogP contribution in [-0.2, 0) is 6.61 Å². The summed E-state index contributed by atoms with van der Waals surface area (Å²) in [5.74, 6) is 0.907. The average molecular weight is 368 g/mol. The van der Waals surface area contributed by atoms with Crippen molar-refractivity contribution < 1.29 is 4.74 Å². The Morgan fingerprint density at radius 3 is 2.42 bits per heavy atom. The van der Waals surface area contributed by atoms with Crippen molar-refractivity contribution >= 4 is 17.7 Å². The molecule has 4 rings (SSSR count). The number of ether oxygens (including phenoxy) is 1. The number of benzene rings is 2. The molecule has 1 saturated carbocycles. The fourth-order valence-corrected chi connectivity index (χ4v) is 4.00. The molecule has 2 aliphatic rings. The molecule has 1 saturated heterocycles. The van der Waals surface area contributed by atoms with Crippen molar-refractivity contribution in [3.63, 3.8) is 0 Å². The van der Waals surface area contributed by atoms with Crippen LogP contribution in [0.3, 0.4) is 0 Å². The number of hydrogen-bond donors (Lipinski definition) is 0. The van der Waals surface area contributed by atoms with Crippen molar-refractivity contribution in [3.8, 4) is 5.75 Å². The van der Waals surface area contributed by atoms with Crippen LogP contribution in [-0.4, -0.2) is 24.0 Å². The zero-order valence-electron chi connectivity index (χ0n) is 15.2. The quantitative estimate of drug-likeness (QED) is 0.647. The Bertz CT molecular complexity index is 747. The molecule has 2 nitrogen and oxygen atoms in total.